The topological polar surface area (TPSA) is 46.9 Å². The molecule has 0 spiro atoms. The Morgan fingerprint density at radius 2 is 2.25 bits per heavy atom. The lowest BCUT2D eigenvalue weighted by molar-refractivity contribution is 0.566. The van der Waals surface area contributed by atoms with Gasteiger partial charge in [0.2, 0.25) is 0 Å². The second-order valence-electron chi connectivity index (χ2n) is 4.26. The van der Waals surface area contributed by atoms with Crippen molar-refractivity contribution < 1.29 is 0 Å². The molecule has 1 aromatic heterocycles. The van der Waals surface area contributed by atoms with Crippen LogP contribution in [-0.2, 0) is 7.05 Å². The van der Waals surface area contributed by atoms with Crippen LogP contribution in [0.15, 0.2) is 15.5 Å². The van der Waals surface area contributed by atoms with Gasteiger partial charge in [-0.1, -0.05) is 13.8 Å². The van der Waals surface area contributed by atoms with E-state index >= 15 is 0 Å². The Labute approximate surface area is 104 Å². The molecule has 1 aromatic rings. The Kier molecular flexibility index (Phi) is 4.99. The third kappa shape index (κ3) is 3.63. The summed E-state index contributed by atoms with van der Waals surface area (Å²) in [4.78, 5) is 11.5. The predicted molar refractivity (Wildman–Crippen MR) is 69.7 cm³/mol. The van der Waals surface area contributed by atoms with Crippen molar-refractivity contribution in [2.24, 2.45) is 13.0 Å². The van der Waals surface area contributed by atoms with Crippen molar-refractivity contribution in [3.05, 3.63) is 21.0 Å². The minimum Gasteiger partial charge on any atom is -0.383 e. The fourth-order valence-corrected chi connectivity index (χ4v) is 1.87. The average molecular weight is 288 g/mol. The van der Waals surface area contributed by atoms with Gasteiger partial charge in [0.25, 0.3) is 5.56 Å². The summed E-state index contributed by atoms with van der Waals surface area (Å²) in [5.74, 6) is 0.715. The Morgan fingerprint density at radius 3 is 2.88 bits per heavy atom. The first-order valence-corrected chi connectivity index (χ1v) is 6.27. The maximum Gasteiger partial charge on any atom is 0.282 e. The molecule has 0 bridgehead atoms. The molecule has 1 N–H and O–H groups in total. The summed E-state index contributed by atoms with van der Waals surface area (Å²) in [6, 6.07) is 0. The molecule has 0 aliphatic carbocycles. The SMILES string of the molecule is CC(C)CCCNc1cnn(C)c(=O)c1Br. The zero-order valence-electron chi connectivity index (χ0n) is 9.96. The second kappa shape index (κ2) is 6.03. The van der Waals surface area contributed by atoms with E-state index in [-0.39, 0.29) is 5.56 Å². The summed E-state index contributed by atoms with van der Waals surface area (Å²) in [6.07, 6.45) is 3.95. The molecule has 16 heavy (non-hydrogen) atoms. The standard InChI is InChI=1S/C11H18BrN3O/c1-8(2)5-4-6-13-9-7-14-15(3)11(16)10(9)12/h7-8,13H,4-6H2,1-3H3. The first kappa shape index (κ1) is 13.2. The number of nitrogens with zero attached hydrogens (tertiary/aromatic N) is 2. The van der Waals surface area contributed by atoms with E-state index in [9.17, 15) is 4.79 Å². The fraction of sp³-hybridized carbons (Fsp3) is 0.636. The number of hydrogen-bond donors (Lipinski definition) is 1. The molecule has 0 amide bonds. The molecule has 4 nitrogen and oxygen atoms in total. The highest BCUT2D eigenvalue weighted by Gasteiger charge is 2.05. The number of rotatable bonds is 5. The highest BCUT2D eigenvalue weighted by Crippen LogP contribution is 2.16. The van der Waals surface area contributed by atoms with E-state index in [0.29, 0.717) is 10.4 Å². The molecule has 0 fully saturated rings. The highest BCUT2D eigenvalue weighted by molar-refractivity contribution is 9.10. The smallest absolute Gasteiger partial charge is 0.282 e. The summed E-state index contributed by atoms with van der Waals surface area (Å²) in [5, 5.41) is 7.18. The quantitative estimate of drug-likeness (QED) is 0.846. The minimum atomic E-state index is -0.117. The second-order valence-corrected chi connectivity index (χ2v) is 5.06. The summed E-state index contributed by atoms with van der Waals surface area (Å²) in [7, 11) is 1.63. The third-order valence-electron chi connectivity index (χ3n) is 2.35. The first-order chi connectivity index (χ1) is 7.52. The molecule has 1 rings (SSSR count). The van der Waals surface area contributed by atoms with E-state index in [2.05, 4.69) is 40.2 Å². The van der Waals surface area contributed by atoms with Gasteiger partial charge in [0.05, 0.1) is 11.9 Å². The number of anilines is 1. The van der Waals surface area contributed by atoms with Crippen LogP contribution >= 0.6 is 15.9 Å². The maximum atomic E-state index is 11.5. The van der Waals surface area contributed by atoms with Crippen molar-refractivity contribution in [2.45, 2.75) is 26.7 Å². The van der Waals surface area contributed by atoms with Crippen LogP contribution in [0.4, 0.5) is 5.69 Å². The van der Waals surface area contributed by atoms with Gasteiger partial charge in [-0.25, -0.2) is 4.68 Å². The molecule has 0 radical (unpaired) electrons. The van der Waals surface area contributed by atoms with Crippen molar-refractivity contribution in [3.8, 4) is 0 Å². The molecule has 0 aliphatic heterocycles. The van der Waals surface area contributed by atoms with Crippen LogP contribution in [0.1, 0.15) is 26.7 Å². The van der Waals surface area contributed by atoms with Gasteiger partial charge in [-0.15, -0.1) is 0 Å². The van der Waals surface area contributed by atoms with E-state index in [4.69, 9.17) is 0 Å². The van der Waals surface area contributed by atoms with Gasteiger partial charge in [0, 0.05) is 13.6 Å². The van der Waals surface area contributed by atoms with Gasteiger partial charge in [-0.2, -0.15) is 5.10 Å². The van der Waals surface area contributed by atoms with Crippen molar-refractivity contribution in [1.29, 1.82) is 0 Å². The van der Waals surface area contributed by atoms with E-state index in [1.807, 2.05) is 0 Å². The molecule has 0 aliphatic rings. The van der Waals surface area contributed by atoms with E-state index < -0.39 is 0 Å². The number of aryl methyl sites for hydroxylation is 1. The Bertz CT molecular complexity index is 401. The van der Waals surface area contributed by atoms with Gasteiger partial charge in [-0.05, 0) is 34.7 Å². The maximum absolute atomic E-state index is 11.5. The van der Waals surface area contributed by atoms with E-state index in [0.717, 1.165) is 18.7 Å². The highest BCUT2D eigenvalue weighted by atomic mass is 79.9. The minimum absolute atomic E-state index is 0.117. The monoisotopic (exact) mass is 287 g/mol. The molecular formula is C11H18BrN3O. The van der Waals surface area contributed by atoms with E-state index in [1.54, 1.807) is 13.2 Å². The predicted octanol–water partition coefficient (Wildman–Crippen LogP) is 2.39. The van der Waals surface area contributed by atoms with Crippen molar-refractivity contribution in [3.63, 3.8) is 0 Å². The molecule has 0 aromatic carbocycles. The lowest BCUT2D eigenvalue weighted by Gasteiger charge is -2.09. The first-order valence-electron chi connectivity index (χ1n) is 5.48. The van der Waals surface area contributed by atoms with Crippen molar-refractivity contribution in [1.82, 2.24) is 9.78 Å². The van der Waals surface area contributed by atoms with Crippen LogP contribution in [0.5, 0.6) is 0 Å². The van der Waals surface area contributed by atoms with Crippen LogP contribution in [0.2, 0.25) is 0 Å². The largest absolute Gasteiger partial charge is 0.383 e. The van der Waals surface area contributed by atoms with Gasteiger partial charge in [0.15, 0.2) is 0 Å². The summed E-state index contributed by atoms with van der Waals surface area (Å²) < 4.78 is 1.86. The zero-order chi connectivity index (χ0) is 12.1. The molecule has 0 atom stereocenters. The van der Waals surface area contributed by atoms with Crippen LogP contribution in [-0.4, -0.2) is 16.3 Å². The van der Waals surface area contributed by atoms with Crippen molar-refractivity contribution in [2.75, 3.05) is 11.9 Å². The summed E-state index contributed by atoms with van der Waals surface area (Å²) >= 11 is 3.28. The van der Waals surface area contributed by atoms with Crippen LogP contribution in [0.25, 0.3) is 0 Å². The van der Waals surface area contributed by atoms with Gasteiger partial charge in [0.1, 0.15) is 4.47 Å². The average Bonchev–Trinajstić information content (AvgIpc) is 2.23. The fourth-order valence-electron chi connectivity index (χ4n) is 1.37. The summed E-state index contributed by atoms with van der Waals surface area (Å²) in [6.45, 7) is 5.27. The normalized spacial score (nSPS) is 10.8. The summed E-state index contributed by atoms with van der Waals surface area (Å²) in [5.41, 5.74) is 0.653. The van der Waals surface area contributed by atoms with E-state index in [1.165, 1.54) is 11.1 Å². The number of hydrogen-bond acceptors (Lipinski definition) is 3. The van der Waals surface area contributed by atoms with Crippen LogP contribution < -0.4 is 10.9 Å². The van der Waals surface area contributed by atoms with Crippen LogP contribution in [0, 0.1) is 5.92 Å². The van der Waals surface area contributed by atoms with Crippen LogP contribution in [0.3, 0.4) is 0 Å². The van der Waals surface area contributed by atoms with Crippen molar-refractivity contribution >= 4 is 21.6 Å². The number of halogens is 1. The molecule has 0 unspecified atom stereocenters. The molecule has 90 valence electrons. The lowest BCUT2D eigenvalue weighted by Crippen LogP contribution is -2.21. The Hall–Kier alpha value is -0.840. The van der Waals surface area contributed by atoms with Gasteiger partial charge in [-0.3, -0.25) is 4.79 Å². The molecule has 0 saturated carbocycles. The molecule has 5 heteroatoms. The van der Waals surface area contributed by atoms with Gasteiger partial charge < -0.3 is 5.32 Å². The number of nitrogens with one attached hydrogen (secondary N) is 1. The molecular weight excluding hydrogens is 270 g/mol. The number of aromatic nitrogens is 2. The zero-order valence-corrected chi connectivity index (χ0v) is 11.5. The third-order valence-corrected chi connectivity index (χ3v) is 3.12. The van der Waals surface area contributed by atoms with Gasteiger partial charge >= 0.3 is 0 Å². The molecule has 0 saturated heterocycles. The molecule has 1 heterocycles. The Morgan fingerprint density at radius 1 is 1.56 bits per heavy atom. The Balaban J connectivity index is 2.55. The lowest BCUT2D eigenvalue weighted by atomic mass is 10.1.